The van der Waals surface area contributed by atoms with Gasteiger partial charge in [-0.15, -0.1) is 10.2 Å². The van der Waals surface area contributed by atoms with Gasteiger partial charge in [-0.1, -0.05) is 54.7 Å². The highest BCUT2D eigenvalue weighted by atomic mass is 32.2. The van der Waals surface area contributed by atoms with Gasteiger partial charge in [0, 0.05) is 5.56 Å². The molecule has 9 heteroatoms. The molecule has 0 atom stereocenters. The van der Waals surface area contributed by atoms with Gasteiger partial charge in [-0.2, -0.15) is 0 Å². The summed E-state index contributed by atoms with van der Waals surface area (Å²) in [6.45, 7) is 2.56. The first kappa shape index (κ1) is 20.0. The van der Waals surface area contributed by atoms with Gasteiger partial charge in [-0.3, -0.25) is 10.1 Å². The Labute approximate surface area is 167 Å². The van der Waals surface area contributed by atoms with Crippen LogP contribution >= 0.6 is 11.3 Å². The van der Waals surface area contributed by atoms with Crippen molar-refractivity contribution >= 4 is 32.2 Å². The average Bonchev–Trinajstić information content (AvgIpc) is 3.16. The molecule has 1 N–H and O–H groups in total. The standard InChI is InChI=1S/C19H19N3O4S2/c1-2-11-26-16-10-6-9-15(12-16)17(23)20-18-21-22-19(27-18)28(24,25)13-14-7-4-3-5-8-14/h3-10,12H,2,11,13H2,1H3,(H,20,21,23). The summed E-state index contributed by atoms with van der Waals surface area (Å²) in [4.78, 5) is 12.4. The van der Waals surface area contributed by atoms with Crippen LogP contribution in [0.2, 0.25) is 0 Å². The van der Waals surface area contributed by atoms with Crippen LogP contribution in [0.3, 0.4) is 0 Å². The van der Waals surface area contributed by atoms with Crippen LogP contribution in [-0.4, -0.2) is 31.1 Å². The Morgan fingerprint density at radius 2 is 1.89 bits per heavy atom. The Kier molecular flexibility index (Phi) is 6.37. The Hall–Kier alpha value is -2.78. The molecule has 0 aliphatic carbocycles. The summed E-state index contributed by atoms with van der Waals surface area (Å²) in [7, 11) is -3.64. The van der Waals surface area contributed by atoms with Crippen molar-refractivity contribution in [2.24, 2.45) is 0 Å². The number of hydrogen-bond donors (Lipinski definition) is 1. The van der Waals surface area contributed by atoms with Crippen LogP contribution in [0.4, 0.5) is 5.13 Å². The number of rotatable bonds is 8. The Morgan fingerprint density at radius 1 is 1.11 bits per heavy atom. The molecular formula is C19H19N3O4S2. The van der Waals surface area contributed by atoms with Gasteiger partial charge in [0.15, 0.2) is 0 Å². The highest BCUT2D eigenvalue weighted by Crippen LogP contribution is 2.24. The first-order valence-corrected chi connectivity index (χ1v) is 11.1. The third kappa shape index (κ3) is 5.14. The lowest BCUT2D eigenvalue weighted by molar-refractivity contribution is 0.102. The van der Waals surface area contributed by atoms with E-state index in [0.29, 0.717) is 23.5 Å². The van der Waals surface area contributed by atoms with Gasteiger partial charge >= 0.3 is 0 Å². The first-order valence-electron chi connectivity index (χ1n) is 8.62. The van der Waals surface area contributed by atoms with Crippen LogP contribution in [0.5, 0.6) is 5.75 Å². The van der Waals surface area contributed by atoms with E-state index in [9.17, 15) is 13.2 Å². The Bertz CT molecular complexity index is 1050. The molecule has 7 nitrogen and oxygen atoms in total. The lowest BCUT2D eigenvalue weighted by Crippen LogP contribution is -2.11. The minimum Gasteiger partial charge on any atom is -0.494 e. The minimum atomic E-state index is -3.64. The molecule has 3 rings (SSSR count). The number of carbonyl (C=O) groups excluding carboxylic acids is 1. The maximum absolute atomic E-state index is 12.5. The van der Waals surface area contributed by atoms with Crippen LogP contribution in [0.15, 0.2) is 58.9 Å². The fourth-order valence-electron chi connectivity index (χ4n) is 2.36. The van der Waals surface area contributed by atoms with Crippen molar-refractivity contribution < 1.29 is 17.9 Å². The minimum absolute atomic E-state index is 0.122. The van der Waals surface area contributed by atoms with Crippen LogP contribution in [0, 0.1) is 0 Å². The molecule has 0 unspecified atom stereocenters. The number of nitrogens with zero attached hydrogens (tertiary/aromatic N) is 2. The molecule has 0 aliphatic rings. The zero-order valence-corrected chi connectivity index (χ0v) is 16.8. The predicted octanol–water partition coefficient (Wildman–Crippen LogP) is 3.55. The van der Waals surface area contributed by atoms with Crippen molar-refractivity contribution in [1.82, 2.24) is 10.2 Å². The number of nitrogens with one attached hydrogen (secondary N) is 1. The maximum atomic E-state index is 12.5. The van der Waals surface area contributed by atoms with Gasteiger partial charge in [0.05, 0.1) is 12.4 Å². The van der Waals surface area contributed by atoms with E-state index in [1.807, 2.05) is 13.0 Å². The summed E-state index contributed by atoms with van der Waals surface area (Å²) in [5.74, 6) is 0.00995. The van der Waals surface area contributed by atoms with Gasteiger partial charge in [-0.25, -0.2) is 8.42 Å². The van der Waals surface area contributed by atoms with Gasteiger partial charge in [0.1, 0.15) is 5.75 Å². The van der Waals surface area contributed by atoms with E-state index >= 15 is 0 Å². The molecule has 1 aromatic heterocycles. The molecule has 0 aliphatic heterocycles. The van der Waals surface area contributed by atoms with E-state index in [1.165, 1.54) is 0 Å². The Balaban J connectivity index is 1.69. The fourth-order valence-corrected chi connectivity index (χ4v) is 4.67. The third-order valence-corrected chi connectivity index (χ3v) is 6.63. The molecule has 1 amide bonds. The SMILES string of the molecule is CCCOc1cccc(C(=O)Nc2nnc(S(=O)(=O)Cc3ccccc3)s2)c1. The number of carbonyl (C=O) groups is 1. The quantitative estimate of drug-likeness (QED) is 0.563. The van der Waals surface area contributed by atoms with Gasteiger partial charge in [0.2, 0.25) is 19.3 Å². The molecule has 28 heavy (non-hydrogen) atoms. The smallest absolute Gasteiger partial charge is 0.257 e. The first-order chi connectivity index (χ1) is 13.5. The van der Waals surface area contributed by atoms with E-state index in [2.05, 4.69) is 15.5 Å². The van der Waals surface area contributed by atoms with Crippen molar-refractivity contribution in [2.45, 2.75) is 23.4 Å². The number of hydrogen-bond acceptors (Lipinski definition) is 7. The fraction of sp³-hybridized carbons (Fsp3) is 0.211. The zero-order chi connectivity index (χ0) is 20.0. The summed E-state index contributed by atoms with van der Waals surface area (Å²) < 4.78 is 30.4. The van der Waals surface area contributed by atoms with E-state index < -0.39 is 15.7 Å². The number of benzene rings is 2. The monoisotopic (exact) mass is 417 g/mol. The van der Waals surface area contributed by atoms with Gasteiger partial charge in [-0.05, 0) is 30.2 Å². The number of amides is 1. The molecule has 0 bridgehead atoms. The summed E-state index contributed by atoms with van der Waals surface area (Å²) in [5, 5.41) is 10.2. The average molecular weight is 418 g/mol. The lowest BCUT2D eigenvalue weighted by Gasteiger charge is -2.06. The molecule has 0 saturated heterocycles. The second-order valence-electron chi connectivity index (χ2n) is 5.95. The number of ether oxygens (including phenoxy) is 1. The largest absolute Gasteiger partial charge is 0.494 e. The molecule has 1 heterocycles. The summed E-state index contributed by atoms with van der Waals surface area (Å²) in [5.41, 5.74) is 1.05. The van der Waals surface area contributed by atoms with Crippen molar-refractivity contribution in [1.29, 1.82) is 0 Å². The molecule has 0 radical (unpaired) electrons. The molecule has 3 aromatic rings. The molecule has 0 saturated carbocycles. The molecule has 0 fully saturated rings. The van der Waals surface area contributed by atoms with Gasteiger partial charge < -0.3 is 4.74 Å². The number of aromatic nitrogens is 2. The second-order valence-corrected chi connectivity index (χ2v) is 9.09. The highest BCUT2D eigenvalue weighted by molar-refractivity contribution is 7.92. The normalized spacial score (nSPS) is 11.2. The van der Waals surface area contributed by atoms with Crippen LogP contribution in [0.25, 0.3) is 0 Å². The van der Waals surface area contributed by atoms with Crippen molar-refractivity contribution in [3.63, 3.8) is 0 Å². The molecular weight excluding hydrogens is 398 g/mol. The van der Waals surface area contributed by atoms with E-state index in [4.69, 9.17) is 4.74 Å². The van der Waals surface area contributed by atoms with E-state index in [-0.39, 0.29) is 15.2 Å². The third-order valence-electron chi connectivity index (χ3n) is 3.66. The summed E-state index contributed by atoms with van der Waals surface area (Å²) in [6, 6.07) is 15.6. The summed E-state index contributed by atoms with van der Waals surface area (Å²) >= 11 is 0.827. The van der Waals surface area contributed by atoms with Crippen LogP contribution in [-0.2, 0) is 15.6 Å². The second kappa shape index (κ2) is 8.94. The molecule has 2 aromatic carbocycles. The van der Waals surface area contributed by atoms with E-state index in [1.54, 1.807) is 48.5 Å². The highest BCUT2D eigenvalue weighted by Gasteiger charge is 2.22. The predicted molar refractivity (Wildman–Crippen MR) is 107 cm³/mol. The molecule has 146 valence electrons. The lowest BCUT2D eigenvalue weighted by atomic mass is 10.2. The number of anilines is 1. The van der Waals surface area contributed by atoms with Gasteiger partial charge in [0.25, 0.3) is 5.91 Å². The van der Waals surface area contributed by atoms with Crippen LogP contribution < -0.4 is 10.1 Å². The van der Waals surface area contributed by atoms with Crippen molar-refractivity contribution in [2.75, 3.05) is 11.9 Å². The molecule has 0 spiro atoms. The van der Waals surface area contributed by atoms with Crippen molar-refractivity contribution in [3.05, 3.63) is 65.7 Å². The topological polar surface area (TPSA) is 98.2 Å². The van der Waals surface area contributed by atoms with Crippen molar-refractivity contribution in [3.8, 4) is 5.75 Å². The number of sulfone groups is 1. The van der Waals surface area contributed by atoms with Crippen LogP contribution in [0.1, 0.15) is 29.3 Å². The zero-order valence-electron chi connectivity index (χ0n) is 15.2. The Morgan fingerprint density at radius 3 is 2.64 bits per heavy atom. The maximum Gasteiger partial charge on any atom is 0.257 e. The summed E-state index contributed by atoms with van der Waals surface area (Å²) in [6.07, 6.45) is 0.863. The van der Waals surface area contributed by atoms with E-state index in [0.717, 1.165) is 17.8 Å².